The normalized spacial score (nSPS) is 11.9. The molecule has 1 heterocycles. The van der Waals surface area contributed by atoms with E-state index >= 15 is 0 Å². The van der Waals surface area contributed by atoms with Gasteiger partial charge in [0.2, 0.25) is 5.91 Å². The molecule has 0 spiro atoms. The number of esters is 1. The van der Waals surface area contributed by atoms with Crippen LogP contribution in [0.4, 0.5) is 11.4 Å². The molecule has 3 aromatic carbocycles. The van der Waals surface area contributed by atoms with Gasteiger partial charge in [0, 0.05) is 16.3 Å². The van der Waals surface area contributed by atoms with Crippen molar-refractivity contribution in [3.8, 4) is 0 Å². The predicted octanol–water partition coefficient (Wildman–Crippen LogP) is 6.98. The van der Waals surface area contributed by atoms with Crippen molar-refractivity contribution in [1.82, 2.24) is 0 Å². The van der Waals surface area contributed by atoms with Crippen molar-refractivity contribution in [3.63, 3.8) is 0 Å². The van der Waals surface area contributed by atoms with Crippen molar-refractivity contribution < 1.29 is 22.7 Å². The maximum absolute atomic E-state index is 13.4. The number of ether oxygens (including phenoxy) is 1. The number of hydrogen-bond acceptors (Lipinski definition) is 7. The highest BCUT2D eigenvalue weighted by molar-refractivity contribution is 8.00. The summed E-state index contributed by atoms with van der Waals surface area (Å²) in [6.45, 7) is 2.41. The third kappa shape index (κ3) is 7.95. The summed E-state index contributed by atoms with van der Waals surface area (Å²) >= 11 is 2.50. The molecule has 0 radical (unpaired) electrons. The van der Waals surface area contributed by atoms with Gasteiger partial charge in [0.05, 0.1) is 12.2 Å². The monoisotopic (exact) mass is 580 g/mol. The predicted molar refractivity (Wildman–Crippen MR) is 157 cm³/mol. The first-order valence-corrected chi connectivity index (χ1v) is 15.6. The SMILES string of the molecule is CCCCOC(=O)c1ccc(NC(=O)C(Sc2ccc(NS(=O)(=O)c3cccs3)cc2)c2ccccc2)cc1. The molecule has 0 aliphatic heterocycles. The molecular weight excluding hydrogens is 553 g/mol. The Morgan fingerprint density at radius 3 is 2.23 bits per heavy atom. The lowest BCUT2D eigenvalue weighted by atomic mass is 10.1. The van der Waals surface area contributed by atoms with Gasteiger partial charge in [-0.2, -0.15) is 0 Å². The minimum Gasteiger partial charge on any atom is -0.462 e. The topological polar surface area (TPSA) is 102 Å². The van der Waals surface area contributed by atoms with Crippen LogP contribution in [0.2, 0.25) is 0 Å². The van der Waals surface area contributed by atoms with Crippen LogP contribution >= 0.6 is 23.1 Å². The van der Waals surface area contributed by atoms with Crippen molar-refractivity contribution in [2.75, 3.05) is 16.6 Å². The molecule has 2 N–H and O–H groups in total. The van der Waals surface area contributed by atoms with E-state index in [4.69, 9.17) is 4.74 Å². The molecule has 0 aliphatic rings. The molecule has 1 atom stereocenters. The Morgan fingerprint density at radius 1 is 0.897 bits per heavy atom. The second-order valence-corrected chi connectivity index (χ2v) is 12.6. The van der Waals surface area contributed by atoms with Crippen LogP contribution in [0.5, 0.6) is 0 Å². The van der Waals surface area contributed by atoms with Gasteiger partial charge in [-0.25, -0.2) is 13.2 Å². The smallest absolute Gasteiger partial charge is 0.338 e. The van der Waals surface area contributed by atoms with E-state index in [9.17, 15) is 18.0 Å². The number of unbranched alkanes of at least 4 members (excludes halogenated alkanes) is 1. The first-order chi connectivity index (χ1) is 18.9. The summed E-state index contributed by atoms with van der Waals surface area (Å²) in [5.41, 5.74) is 2.23. The average Bonchev–Trinajstić information content (AvgIpc) is 3.50. The molecule has 1 aromatic heterocycles. The Hall–Kier alpha value is -3.60. The molecule has 10 heteroatoms. The van der Waals surface area contributed by atoms with Gasteiger partial charge in [0.15, 0.2) is 0 Å². The van der Waals surface area contributed by atoms with Gasteiger partial charge in [-0.3, -0.25) is 9.52 Å². The highest BCUT2D eigenvalue weighted by Crippen LogP contribution is 2.37. The number of thioether (sulfide) groups is 1. The Labute approximate surface area is 236 Å². The number of carbonyl (C=O) groups excluding carboxylic acids is 2. The fourth-order valence-corrected chi connectivity index (χ4v) is 6.63. The molecule has 1 unspecified atom stereocenters. The van der Waals surface area contributed by atoms with E-state index in [-0.39, 0.29) is 16.1 Å². The Bertz CT molecular complexity index is 1470. The molecule has 0 fully saturated rings. The number of carbonyl (C=O) groups is 2. The molecule has 0 aliphatic carbocycles. The molecule has 202 valence electrons. The highest BCUT2D eigenvalue weighted by atomic mass is 32.2. The lowest BCUT2D eigenvalue weighted by Gasteiger charge is -2.17. The molecule has 4 aromatic rings. The van der Waals surface area contributed by atoms with Gasteiger partial charge in [-0.15, -0.1) is 23.1 Å². The van der Waals surface area contributed by atoms with E-state index in [1.54, 1.807) is 66.0 Å². The molecule has 0 bridgehead atoms. The first-order valence-electron chi connectivity index (χ1n) is 12.3. The van der Waals surface area contributed by atoms with Gasteiger partial charge < -0.3 is 10.1 Å². The van der Waals surface area contributed by atoms with Crippen molar-refractivity contribution >= 4 is 56.4 Å². The summed E-state index contributed by atoms with van der Waals surface area (Å²) in [5.74, 6) is -0.618. The summed E-state index contributed by atoms with van der Waals surface area (Å²) in [7, 11) is -3.64. The van der Waals surface area contributed by atoms with Crippen LogP contribution in [-0.4, -0.2) is 26.9 Å². The fourth-order valence-electron chi connectivity index (χ4n) is 3.55. The van der Waals surface area contributed by atoms with E-state index in [0.29, 0.717) is 23.5 Å². The van der Waals surface area contributed by atoms with Crippen molar-refractivity contribution in [3.05, 3.63) is 108 Å². The zero-order valence-electron chi connectivity index (χ0n) is 21.2. The third-order valence-corrected chi connectivity index (χ3v) is 9.63. The molecule has 0 saturated carbocycles. The molecule has 39 heavy (non-hydrogen) atoms. The minimum absolute atomic E-state index is 0.230. The maximum atomic E-state index is 13.4. The zero-order valence-corrected chi connectivity index (χ0v) is 23.7. The van der Waals surface area contributed by atoms with Gasteiger partial charge in [0.1, 0.15) is 9.46 Å². The number of anilines is 2. The Morgan fingerprint density at radius 2 is 1.59 bits per heavy atom. The van der Waals surface area contributed by atoms with E-state index in [1.165, 1.54) is 11.8 Å². The number of rotatable bonds is 12. The van der Waals surface area contributed by atoms with Gasteiger partial charge in [0.25, 0.3) is 10.0 Å². The van der Waals surface area contributed by atoms with Crippen LogP contribution in [-0.2, 0) is 19.6 Å². The van der Waals surface area contributed by atoms with Gasteiger partial charge in [-0.1, -0.05) is 49.7 Å². The number of benzene rings is 3. The summed E-state index contributed by atoms with van der Waals surface area (Å²) in [6, 6.07) is 26.1. The number of thiophene rings is 1. The quantitative estimate of drug-likeness (QED) is 0.107. The Kier molecular flexibility index (Phi) is 9.80. The Balaban J connectivity index is 1.45. The summed E-state index contributed by atoms with van der Waals surface area (Å²) < 4.78 is 33.1. The lowest BCUT2D eigenvalue weighted by molar-refractivity contribution is -0.115. The first kappa shape index (κ1) is 28.4. The molecule has 4 rings (SSSR count). The van der Waals surface area contributed by atoms with Crippen LogP contribution in [0.25, 0.3) is 0 Å². The van der Waals surface area contributed by atoms with E-state index in [0.717, 1.165) is 34.6 Å². The standard InChI is InChI=1S/C29H28N2O5S3/c1-2-3-19-36-29(33)22-11-13-23(14-12-22)30-28(32)27(21-8-5-4-6-9-21)38-25-17-15-24(16-18-25)31-39(34,35)26-10-7-20-37-26/h4-18,20,27,31H,2-3,19H2,1H3,(H,30,32). The fraction of sp³-hybridized carbons (Fsp3) is 0.172. The minimum atomic E-state index is -3.64. The molecule has 0 saturated heterocycles. The summed E-state index contributed by atoms with van der Waals surface area (Å²) in [4.78, 5) is 26.3. The van der Waals surface area contributed by atoms with Crippen LogP contribution in [0.15, 0.2) is 105 Å². The zero-order chi connectivity index (χ0) is 27.7. The number of amides is 1. The maximum Gasteiger partial charge on any atom is 0.338 e. The van der Waals surface area contributed by atoms with Gasteiger partial charge in [-0.05, 0) is 72.0 Å². The van der Waals surface area contributed by atoms with E-state index in [2.05, 4.69) is 10.0 Å². The molecule has 1 amide bonds. The second kappa shape index (κ2) is 13.5. The van der Waals surface area contributed by atoms with E-state index in [1.807, 2.05) is 37.3 Å². The largest absolute Gasteiger partial charge is 0.462 e. The summed E-state index contributed by atoms with van der Waals surface area (Å²) in [5, 5.41) is 4.07. The number of nitrogens with one attached hydrogen (secondary N) is 2. The van der Waals surface area contributed by atoms with Crippen LogP contribution in [0.1, 0.15) is 40.9 Å². The van der Waals surface area contributed by atoms with E-state index < -0.39 is 15.3 Å². The summed E-state index contributed by atoms with van der Waals surface area (Å²) in [6.07, 6.45) is 1.75. The molecule has 7 nitrogen and oxygen atoms in total. The van der Waals surface area contributed by atoms with Crippen LogP contribution in [0, 0.1) is 0 Å². The second-order valence-electron chi connectivity index (χ2n) is 8.53. The number of hydrogen-bond donors (Lipinski definition) is 2. The molecular formula is C29H28N2O5S3. The lowest BCUT2D eigenvalue weighted by Crippen LogP contribution is -2.19. The highest BCUT2D eigenvalue weighted by Gasteiger charge is 2.23. The number of sulfonamides is 1. The van der Waals surface area contributed by atoms with Crippen LogP contribution < -0.4 is 10.0 Å². The van der Waals surface area contributed by atoms with Crippen LogP contribution in [0.3, 0.4) is 0 Å². The van der Waals surface area contributed by atoms with Crippen molar-refractivity contribution in [2.45, 2.75) is 34.1 Å². The van der Waals surface area contributed by atoms with Gasteiger partial charge >= 0.3 is 5.97 Å². The van der Waals surface area contributed by atoms with Crippen molar-refractivity contribution in [1.29, 1.82) is 0 Å². The van der Waals surface area contributed by atoms with Crippen molar-refractivity contribution in [2.24, 2.45) is 0 Å². The third-order valence-electron chi connectivity index (χ3n) is 5.58. The average molecular weight is 581 g/mol.